The van der Waals surface area contributed by atoms with Gasteiger partial charge in [-0.25, -0.2) is 0 Å². The van der Waals surface area contributed by atoms with Gasteiger partial charge in [0.2, 0.25) is 6.20 Å². The van der Waals surface area contributed by atoms with Crippen LogP contribution >= 0.6 is 0 Å². The Morgan fingerprint density at radius 3 is 2.75 bits per heavy atom. The average molecular weight is 267 g/mol. The highest BCUT2D eigenvalue weighted by atomic mass is 16.6. The number of rotatable bonds is 2. The Balaban J connectivity index is 2.38. The van der Waals surface area contributed by atoms with E-state index in [1.165, 1.54) is 6.08 Å². The zero-order valence-corrected chi connectivity index (χ0v) is 11.2. The molecule has 3 aromatic rings. The molecule has 1 heterocycles. The van der Waals surface area contributed by atoms with E-state index >= 15 is 0 Å². The molecule has 0 bridgehead atoms. The minimum absolute atomic E-state index is 0.452. The third-order valence-corrected chi connectivity index (χ3v) is 3.51. The monoisotopic (exact) mass is 267 g/mol. The maximum absolute atomic E-state index is 10.5. The third kappa shape index (κ3) is 1.86. The summed E-state index contributed by atoms with van der Waals surface area (Å²) in [6.07, 6.45) is 2.50. The number of hydrogen-bond acceptors (Lipinski definition) is 3. The van der Waals surface area contributed by atoms with Crippen LogP contribution in [0.15, 0.2) is 40.9 Å². The Kier molecular flexibility index (Phi) is 2.79. The summed E-state index contributed by atoms with van der Waals surface area (Å²) in [7, 11) is 0. The lowest BCUT2D eigenvalue weighted by Gasteiger charge is -2.04. The summed E-state index contributed by atoms with van der Waals surface area (Å²) in [5.41, 5.74) is 4.50. The van der Waals surface area contributed by atoms with Crippen molar-refractivity contribution in [2.24, 2.45) is 0 Å². The summed E-state index contributed by atoms with van der Waals surface area (Å²) in [5, 5.41) is 12.6. The second-order valence-corrected chi connectivity index (χ2v) is 4.81. The van der Waals surface area contributed by atoms with Crippen molar-refractivity contribution in [2.75, 3.05) is 0 Å². The lowest BCUT2D eigenvalue weighted by molar-refractivity contribution is -0.400. The van der Waals surface area contributed by atoms with Gasteiger partial charge in [-0.15, -0.1) is 0 Å². The SMILES string of the molecule is Cc1cc(/C=C/[N+](=O)[O-])c(C)c2c1oc1ccccc12. The van der Waals surface area contributed by atoms with Crippen molar-refractivity contribution >= 4 is 28.0 Å². The molecule has 3 rings (SSSR count). The van der Waals surface area contributed by atoms with E-state index in [4.69, 9.17) is 4.42 Å². The minimum Gasteiger partial charge on any atom is -0.456 e. The topological polar surface area (TPSA) is 56.3 Å². The number of furan rings is 1. The molecule has 0 spiro atoms. The highest BCUT2D eigenvalue weighted by Gasteiger charge is 2.13. The summed E-state index contributed by atoms with van der Waals surface area (Å²) >= 11 is 0. The van der Waals surface area contributed by atoms with Gasteiger partial charge in [0, 0.05) is 16.8 Å². The predicted octanol–water partition coefficient (Wildman–Crippen LogP) is 4.45. The first-order valence-corrected chi connectivity index (χ1v) is 6.31. The first-order valence-electron chi connectivity index (χ1n) is 6.31. The van der Waals surface area contributed by atoms with Gasteiger partial charge in [0.1, 0.15) is 11.2 Å². The van der Waals surface area contributed by atoms with Gasteiger partial charge in [-0.05, 0) is 42.7 Å². The molecule has 0 unspecified atom stereocenters. The maximum Gasteiger partial charge on any atom is 0.235 e. The van der Waals surface area contributed by atoms with Crippen molar-refractivity contribution < 1.29 is 9.34 Å². The fourth-order valence-electron chi connectivity index (χ4n) is 2.56. The van der Waals surface area contributed by atoms with Crippen LogP contribution in [0.2, 0.25) is 0 Å². The third-order valence-electron chi connectivity index (χ3n) is 3.51. The highest BCUT2D eigenvalue weighted by Crippen LogP contribution is 2.35. The molecule has 1 aromatic heterocycles. The van der Waals surface area contributed by atoms with Crippen LogP contribution in [0, 0.1) is 24.0 Å². The molecular formula is C16H13NO3. The minimum atomic E-state index is -0.452. The fraction of sp³-hybridized carbons (Fsp3) is 0.125. The van der Waals surface area contributed by atoms with Crippen LogP contribution in [0.4, 0.5) is 0 Å². The number of aryl methyl sites for hydroxylation is 2. The molecule has 0 atom stereocenters. The van der Waals surface area contributed by atoms with Crippen LogP contribution in [0.3, 0.4) is 0 Å². The summed E-state index contributed by atoms with van der Waals surface area (Å²) < 4.78 is 5.89. The Bertz CT molecular complexity index is 859. The van der Waals surface area contributed by atoms with E-state index < -0.39 is 4.92 Å². The Morgan fingerprint density at radius 2 is 2.00 bits per heavy atom. The summed E-state index contributed by atoms with van der Waals surface area (Å²) in [4.78, 5) is 10.0. The van der Waals surface area contributed by atoms with Gasteiger partial charge >= 0.3 is 0 Å². The van der Waals surface area contributed by atoms with Gasteiger partial charge in [0.25, 0.3) is 0 Å². The van der Waals surface area contributed by atoms with E-state index in [-0.39, 0.29) is 0 Å². The number of benzene rings is 2. The van der Waals surface area contributed by atoms with Crippen LogP contribution in [0.25, 0.3) is 28.0 Å². The quantitative estimate of drug-likeness (QED) is 0.509. The molecule has 2 aromatic carbocycles. The lowest BCUT2D eigenvalue weighted by atomic mass is 9.99. The molecule has 100 valence electrons. The Morgan fingerprint density at radius 1 is 1.25 bits per heavy atom. The molecule has 0 saturated heterocycles. The zero-order chi connectivity index (χ0) is 14.3. The van der Waals surface area contributed by atoms with Gasteiger partial charge in [0.15, 0.2) is 0 Å². The summed E-state index contributed by atoms with van der Waals surface area (Å²) in [6, 6.07) is 9.75. The lowest BCUT2D eigenvalue weighted by Crippen LogP contribution is -1.88. The van der Waals surface area contributed by atoms with Crippen molar-refractivity contribution in [1.29, 1.82) is 0 Å². The molecule has 0 amide bonds. The van der Waals surface area contributed by atoms with Crippen molar-refractivity contribution in [3.63, 3.8) is 0 Å². The molecule has 0 fully saturated rings. The molecule has 0 saturated carbocycles. The molecular weight excluding hydrogens is 254 g/mol. The van der Waals surface area contributed by atoms with Gasteiger partial charge in [0.05, 0.1) is 4.92 Å². The maximum atomic E-state index is 10.5. The van der Waals surface area contributed by atoms with Crippen LogP contribution in [0.5, 0.6) is 0 Å². The van der Waals surface area contributed by atoms with E-state index in [2.05, 4.69) is 0 Å². The molecule has 0 N–H and O–H groups in total. The number of nitrogens with zero attached hydrogens (tertiary/aromatic N) is 1. The Labute approximate surface area is 115 Å². The van der Waals surface area contributed by atoms with Gasteiger partial charge in [-0.2, -0.15) is 0 Å². The van der Waals surface area contributed by atoms with Crippen LogP contribution in [-0.2, 0) is 0 Å². The van der Waals surface area contributed by atoms with Gasteiger partial charge in [-0.1, -0.05) is 18.2 Å². The van der Waals surface area contributed by atoms with E-state index in [1.807, 2.05) is 44.2 Å². The largest absolute Gasteiger partial charge is 0.456 e. The number of hydrogen-bond donors (Lipinski definition) is 0. The van der Waals surface area contributed by atoms with E-state index in [1.54, 1.807) is 0 Å². The Hall–Kier alpha value is -2.62. The molecule has 4 nitrogen and oxygen atoms in total. The van der Waals surface area contributed by atoms with Gasteiger partial charge in [-0.3, -0.25) is 10.1 Å². The number of para-hydroxylation sites is 1. The zero-order valence-electron chi connectivity index (χ0n) is 11.2. The van der Waals surface area contributed by atoms with Crippen molar-refractivity contribution in [3.8, 4) is 0 Å². The first-order chi connectivity index (χ1) is 9.58. The summed E-state index contributed by atoms with van der Waals surface area (Å²) in [5.74, 6) is 0. The van der Waals surface area contributed by atoms with Crippen molar-refractivity contribution in [3.05, 3.63) is 63.3 Å². The average Bonchev–Trinajstić information content (AvgIpc) is 2.81. The number of fused-ring (bicyclic) bond motifs is 3. The molecule has 0 aliphatic heterocycles. The fourth-order valence-corrected chi connectivity index (χ4v) is 2.56. The standard InChI is InChI=1S/C16H13NO3/c1-10-9-12(7-8-17(18)19)11(2)15-13-5-3-4-6-14(13)20-16(10)15/h3-9H,1-2H3/b8-7+. The second kappa shape index (κ2) is 4.49. The highest BCUT2D eigenvalue weighted by molar-refractivity contribution is 6.08. The first kappa shape index (κ1) is 12.4. The second-order valence-electron chi connectivity index (χ2n) is 4.81. The molecule has 0 radical (unpaired) electrons. The molecule has 0 aliphatic rings. The van der Waals surface area contributed by atoms with Crippen LogP contribution < -0.4 is 0 Å². The van der Waals surface area contributed by atoms with E-state index in [0.29, 0.717) is 0 Å². The molecule has 4 heteroatoms. The normalized spacial score (nSPS) is 11.7. The summed E-state index contributed by atoms with van der Waals surface area (Å²) in [6.45, 7) is 3.91. The number of nitro groups is 1. The van der Waals surface area contributed by atoms with Gasteiger partial charge < -0.3 is 4.42 Å². The van der Waals surface area contributed by atoms with Crippen LogP contribution in [-0.4, -0.2) is 4.92 Å². The van der Waals surface area contributed by atoms with E-state index in [0.717, 1.165) is 44.8 Å². The van der Waals surface area contributed by atoms with Crippen molar-refractivity contribution in [2.45, 2.75) is 13.8 Å². The predicted molar refractivity (Wildman–Crippen MR) is 79.2 cm³/mol. The van der Waals surface area contributed by atoms with Crippen LogP contribution in [0.1, 0.15) is 16.7 Å². The molecule has 0 aliphatic carbocycles. The van der Waals surface area contributed by atoms with E-state index in [9.17, 15) is 10.1 Å². The van der Waals surface area contributed by atoms with Crippen molar-refractivity contribution in [1.82, 2.24) is 0 Å². The smallest absolute Gasteiger partial charge is 0.235 e. The molecule has 20 heavy (non-hydrogen) atoms.